The topological polar surface area (TPSA) is 34.1 Å². The van der Waals surface area contributed by atoms with Gasteiger partial charge in [0, 0.05) is 11.1 Å². The lowest BCUT2D eigenvalue weighted by Gasteiger charge is -2.23. The zero-order valence-electron chi connectivity index (χ0n) is 10.6. The van der Waals surface area contributed by atoms with Gasteiger partial charge in [-0.1, -0.05) is 6.07 Å². The zero-order valence-corrected chi connectivity index (χ0v) is 10.6. The molecule has 1 aromatic heterocycles. The van der Waals surface area contributed by atoms with Crippen molar-refractivity contribution in [2.45, 2.75) is 25.9 Å². The normalized spacial score (nSPS) is 16.9. The minimum Gasteiger partial charge on any atom is -0.490 e. The summed E-state index contributed by atoms with van der Waals surface area (Å²) in [6.45, 7) is 4.12. The van der Waals surface area contributed by atoms with Gasteiger partial charge in [-0.3, -0.25) is 4.98 Å². The van der Waals surface area contributed by atoms with Crippen LogP contribution < -0.4 is 10.1 Å². The molecule has 1 aliphatic rings. The Morgan fingerprint density at radius 2 is 2.00 bits per heavy atom. The Hall–Kier alpha value is -1.61. The average molecular weight is 242 g/mol. The summed E-state index contributed by atoms with van der Waals surface area (Å²) in [7, 11) is 0. The molecule has 1 aromatic carbocycles. The van der Waals surface area contributed by atoms with Crippen LogP contribution in [0.4, 0.5) is 0 Å². The number of nitrogens with zero attached hydrogens (tertiary/aromatic N) is 1. The highest BCUT2D eigenvalue weighted by Crippen LogP contribution is 2.22. The molecule has 94 valence electrons. The number of piperidine rings is 1. The highest BCUT2D eigenvalue weighted by atomic mass is 16.5. The van der Waals surface area contributed by atoms with Gasteiger partial charge >= 0.3 is 0 Å². The monoisotopic (exact) mass is 242 g/mol. The summed E-state index contributed by atoms with van der Waals surface area (Å²) in [5.41, 5.74) is 2.09. The van der Waals surface area contributed by atoms with E-state index in [0.29, 0.717) is 6.10 Å². The molecule has 0 spiro atoms. The Morgan fingerprint density at radius 1 is 1.17 bits per heavy atom. The number of ether oxygens (including phenoxy) is 1. The second kappa shape index (κ2) is 4.94. The molecule has 1 saturated heterocycles. The van der Waals surface area contributed by atoms with Crippen LogP contribution in [-0.2, 0) is 0 Å². The fourth-order valence-electron chi connectivity index (χ4n) is 2.38. The van der Waals surface area contributed by atoms with Crippen molar-refractivity contribution in [1.82, 2.24) is 10.3 Å². The predicted octanol–water partition coefficient (Wildman–Crippen LogP) is 2.67. The summed E-state index contributed by atoms with van der Waals surface area (Å²) in [6, 6.07) is 10.3. The third kappa shape index (κ3) is 2.46. The van der Waals surface area contributed by atoms with Gasteiger partial charge in [-0.25, -0.2) is 0 Å². The van der Waals surface area contributed by atoms with Crippen molar-refractivity contribution in [2.75, 3.05) is 13.1 Å². The molecule has 1 aliphatic heterocycles. The quantitative estimate of drug-likeness (QED) is 0.879. The molecular weight excluding hydrogens is 224 g/mol. The molecule has 18 heavy (non-hydrogen) atoms. The fourth-order valence-corrected chi connectivity index (χ4v) is 2.38. The van der Waals surface area contributed by atoms with Crippen molar-refractivity contribution >= 4 is 10.9 Å². The molecule has 0 amide bonds. The molecule has 0 saturated carbocycles. The smallest absolute Gasteiger partial charge is 0.120 e. The van der Waals surface area contributed by atoms with Crippen LogP contribution in [0.25, 0.3) is 10.9 Å². The van der Waals surface area contributed by atoms with Crippen LogP contribution in [-0.4, -0.2) is 24.2 Å². The highest BCUT2D eigenvalue weighted by molar-refractivity contribution is 5.80. The first-order chi connectivity index (χ1) is 8.81. The van der Waals surface area contributed by atoms with Crippen molar-refractivity contribution in [3.05, 3.63) is 36.0 Å². The van der Waals surface area contributed by atoms with Gasteiger partial charge in [0.1, 0.15) is 11.9 Å². The van der Waals surface area contributed by atoms with Crippen LogP contribution in [0.15, 0.2) is 30.3 Å². The molecule has 0 atom stereocenters. The van der Waals surface area contributed by atoms with E-state index in [1.54, 1.807) is 0 Å². The Bertz CT molecular complexity index is 547. The molecule has 1 N–H and O–H groups in total. The molecule has 1 fully saturated rings. The van der Waals surface area contributed by atoms with Gasteiger partial charge in [0.25, 0.3) is 0 Å². The molecule has 2 aromatic rings. The Kier molecular flexibility index (Phi) is 3.15. The van der Waals surface area contributed by atoms with Crippen molar-refractivity contribution in [3.63, 3.8) is 0 Å². The number of hydrogen-bond acceptors (Lipinski definition) is 3. The summed E-state index contributed by atoms with van der Waals surface area (Å²) < 4.78 is 6.03. The van der Waals surface area contributed by atoms with E-state index in [1.165, 1.54) is 0 Å². The van der Waals surface area contributed by atoms with Gasteiger partial charge in [0.15, 0.2) is 0 Å². The molecule has 0 radical (unpaired) electrons. The molecule has 3 heteroatoms. The fraction of sp³-hybridized carbons (Fsp3) is 0.400. The van der Waals surface area contributed by atoms with Crippen molar-refractivity contribution in [3.8, 4) is 5.75 Å². The lowest BCUT2D eigenvalue weighted by Crippen LogP contribution is -2.34. The predicted molar refractivity (Wildman–Crippen MR) is 73.0 cm³/mol. The second-order valence-electron chi connectivity index (χ2n) is 4.87. The average Bonchev–Trinajstić information content (AvgIpc) is 2.40. The summed E-state index contributed by atoms with van der Waals surface area (Å²) in [4.78, 5) is 4.50. The molecule has 0 bridgehead atoms. The van der Waals surface area contributed by atoms with Crippen molar-refractivity contribution in [1.29, 1.82) is 0 Å². The number of pyridine rings is 1. The van der Waals surface area contributed by atoms with Gasteiger partial charge in [-0.05, 0) is 57.1 Å². The lowest BCUT2D eigenvalue weighted by atomic mass is 10.1. The largest absolute Gasteiger partial charge is 0.490 e. The SMILES string of the molecule is Cc1ccc2cc(OC3CCNCC3)ccc2n1. The van der Waals surface area contributed by atoms with E-state index < -0.39 is 0 Å². The van der Waals surface area contributed by atoms with E-state index in [9.17, 15) is 0 Å². The van der Waals surface area contributed by atoms with Crippen molar-refractivity contribution in [2.24, 2.45) is 0 Å². The van der Waals surface area contributed by atoms with Crippen LogP contribution in [0, 0.1) is 6.92 Å². The second-order valence-corrected chi connectivity index (χ2v) is 4.87. The summed E-state index contributed by atoms with van der Waals surface area (Å²) in [6.07, 6.45) is 2.52. The van der Waals surface area contributed by atoms with E-state index in [2.05, 4.69) is 22.4 Å². The van der Waals surface area contributed by atoms with Gasteiger partial charge in [-0.15, -0.1) is 0 Å². The maximum atomic E-state index is 6.03. The highest BCUT2D eigenvalue weighted by Gasteiger charge is 2.14. The summed E-state index contributed by atoms with van der Waals surface area (Å²) in [5.74, 6) is 0.958. The van der Waals surface area contributed by atoms with Crippen molar-refractivity contribution < 1.29 is 4.74 Å². The first-order valence-electron chi connectivity index (χ1n) is 6.56. The third-order valence-electron chi connectivity index (χ3n) is 3.39. The van der Waals surface area contributed by atoms with E-state index >= 15 is 0 Å². The lowest BCUT2D eigenvalue weighted by molar-refractivity contribution is 0.162. The Labute approximate surface area is 107 Å². The number of rotatable bonds is 2. The van der Waals surface area contributed by atoms with E-state index in [4.69, 9.17) is 4.74 Å². The number of benzene rings is 1. The number of aromatic nitrogens is 1. The number of fused-ring (bicyclic) bond motifs is 1. The number of nitrogens with one attached hydrogen (secondary N) is 1. The molecule has 2 heterocycles. The third-order valence-corrected chi connectivity index (χ3v) is 3.39. The van der Waals surface area contributed by atoms with Gasteiger partial charge in [0.05, 0.1) is 5.52 Å². The van der Waals surface area contributed by atoms with Crippen LogP contribution in [0.1, 0.15) is 18.5 Å². The minimum absolute atomic E-state index is 0.349. The molecule has 0 unspecified atom stereocenters. The number of aryl methyl sites for hydroxylation is 1. The zero-order chi connectivity index (χ0) is 12.4. The minimum atomic E-state index is 0.349. The van der Waals surface area contributed by atoms with Crippen LogP contribution in [0.2, 0.25) is 0 Å². The summed E-state index contributed by atoms with van der Waals surface area (Å²) >= 11 is 0. The van der Waals surface area contributed by atoms with E-state index in [0.717, 1.165) is 48.3 Å². The summed E-state index contributed by atoms with van der Waals surface area (Å²) in [5, 5.41) is 4.49. The van der Waals surface area contributed by atoms with Gasteiger partial charge in [-0.2, -0.15) is 0 Å². The Morgan fingerprint density at radius 3 is 2.83 bits per heavy atom. The maximum Gasteiger partial charge on any atom is 0.120 e. The van der Waals surface area contributed by atoms with Gasteiger partial charge < -0.3 is 10.1 Å². The van der Waals surface area contributed by atoms with Crippen LogP contribution in [0.5, 0.6) is 5.75 Å². The van der Waals surface area contributed by atoms with Crippen LogP contribution >= 0.6 is 0 Å². The maximum absolute atomic E-state index is 6.03. The van der Waals surface area contributed by atoms with E-state index in [-0.39, 0.29) is 0 Å². The Balaban J connectivity index is 1.82. The molecule has 0 aliphatic carbocycles. The molecule has 3 nitrogen and oxygen atoms in total. The standard InChI is InChI=1S/C15H18N2O/c1-11-2-3-12-10-14(4-5-15(12)17-11)18-13-6-8-16-9-7-13/h2-5,10,13,16H,6-9H2,1H3. The first kappa shape index (κ1) is 11.5. The number of hydrogen-bond donors (Lipinski definition) is 1. The molecule has 3 rings (SSSR count). The van der Waals surface area contributed by atoms with Crippen LogP contribution in [0.3, 0.4) is 0 Å². The van der Waals surface area contributed by atoms with Gasteiger partial charge in [0.2, 0.25) is 0 Å². The molecular formula is C15H18N2O. The first-order valence-corrected chi connectivity index (χ1v) is 6.56. The van der Waals surface area contributed by atoms with E-state index in [1.807, 2.05) is 25.1 Å².